The monoisotopic (exact) mass is 231 g/mol. The van der Waals surface area contributed by atoms with Crippen LogP contribution in [-0.4, -0.2) is 40.3 Å². The maximum Gasteiger partial charge on any atom is 0.154 e. The number of fused-ring (bicyclic) bond motifs is 1. The molecular formula is C12H17N5. The Morgan fingerprint density at radius 1 is 1.47 bits per heavy atom. The van der Waals surface area contributed by atoms with Gasteiger partial charge in [0.05, 0.1) is 5.69 Å². The maximum absolute atomic E-state index is 4.52. The van der Waals surface area contributed by atoms with Crippen LogP contribution in [0, 0.1) is 6.92 Å². The van der Waals surface area contributed by atoms with Crippen molar-refractivity contribution in [3.8, 4) is 0 Å². The van der Waals surface area contributed by atoms with Crippen LogP contribution in [-0.2, 0) is 0 Å². The average Bonchev–Trinajstić information content (AvgIpc) is 2.68. The zero-order valence-electron chi connectivity index (χ0n) is 10.2. The van der Waals surface area contributed by atoms with Crippen molar-refractivity contribution in [3.63, 3.8) is 0 Å². The van der Waals surface area contributed by atoms with Gasteiger partial charge in [-0.15, -0.1) is 0 Å². The highest BCUT2D eigenvalue weighted by Crippen LogP contribution is 2.20. The van der Waals surface area contributed by atoms with Crippen molar-refractivity contribution in [1.29, 1.82) is 0 Å². The van der Waals surface area contributed by atoms with Gasteiger partial charge in [-0.3, -0.25) is 0 Å². The van der Waals surface area contributed by atoms with Gasteiger partial charge in [-0.2, -0.15) is 5.10 Å². The van der Waals surface area contributed by atoms with Gasteiger partial charge in [-0.05, 0) is 19.9 Å². The van der Waals surface area contributed by atoms with E-state index in [1.807, 2.05) is 23.8 Å². The third-order valence-corrected chi connectivity index (χ3v) is 3.16. The number of rotatable bonds is 1. The lowest BCUT2D eigenvalue weighted by Gasteiger charge is -2.32. The quantitative estimate of drug-likeness (QED) is 0.790. The van der Waals surface area contributed by atoms with Crippen molar-refractivity contribution in [2.24, 2.45) is 0 Å². The third kappa shape index (κ3) is 1.86. The van der Waals surface area contributed by atoms with Gasteiger partial charge in [-0.25, -0.2) is 9.50 Å². The van der Waals surface area contributed by atoms with Gasteiger partial charge in [0.25, 0.3) is 0 Å². The number of aryl methyl sites for hydroxylation is 1. The molecule has 3 rings (SSSR count). The molecule has 2 aromatic rings. The summed E-state index contributed by atoms with van der Waals surface area (Å²) < 4.78 is 1.91. The molecule has 1 atom stereocenters. The van der Waals surface area contributed by atoms with E-state index in [9.17, 15) is 0 Å². The van der Waals surface area contributed by atoms with Crippen LogP contribution >= 0.6 is 0 Å². The van der Waals surface area contributed by atoms with Crippen LogP contribution in [0.5, 0.6) is 0 Å². The van der Waals surface area contributed by atoms with Gasteiger partial charge >= 0.3 is 0 Å². The number of hydrogen-bond acceptors (Lipinski definition) is 4. The van der Waals surface area contributed by atoms with E-state index in [1.54, 1.807) is 0 Å². The molecule has 1 aliphatic heterocycles. The van der Waals surface area contributed by atoms with Gasteiger partial charge in [-0.1, -0.05) is 0 Å². The average molecular weight is 231 g/mol. The molecule has 17 heavy (non-hydrogen) atoms. The van der Waals surface area contributed by atoms with E-state index in [4.69, 9.17) is 0 Å². The molecule has 1 aliphatic rings. The van der Waals surface area contributed by atoms with Crippen molar-refractivity contribution < 1.29 is 0 Å². The topological polar surface area (TPSA) is 45.5 Å². The SMILES string of the molecule is Cc1cc2c(N3CCN[C@H](C)C3)nccn2n1. The van der Waals surface area contributed by atoms with E-state index >= 15 is 0 Å². The smallest absolute Gasteiger partial charge is 0.154 e. The van der Waals surface area contributed by atoms with Crippen LogP contribution in [0.1, 0.15) is 12.6 Å². The van der Waals surface area contributed by atoms with E-state index in [0.29, 0.717) is 6.04 Å². The minimum atomic E-state index is 0.509. The largest absolute Gasteiger partial charge is 0.352 e. The minimum absolute atomic E-state index is 0.509. The van der Waals surface area contributed by atoms with Gasteiger partial charge < -0.3 is 10.2 Å². The number of nitrogens with one attached hydrogen (secondary N) is 1. The molecule has 0 spiro atoms. The van der Waals surface area contributed by atoms with Gasteiger partial charge in [0, 0.05) is 38.1 Å². The van der Waals surface area contributed by atoms with Gasteiger partial charge in [0.2, 0.25) is 0 Å². The summed E-state index contributed by atoms with van der Waals surface area (Å²) in [6.45, 7) is 7.22. The second-order valence-corrected chi connectivity index (χ2v) is 4.67. The molecule has 1 N–H and O–H groups in total. The molecule has 3 heterocycles. The molecule has 0 aromatic carbocycles. The maximum atomic E-state index is 4.52. The van der Waals surface area contributed by atoms with E-state index < -0.39 is 0 Å². The molecule has 90 valence electrons. The molecule has 0 radical (unpaired) electrons. The van der Waals surface area contributed by atoms with Crippen LogP contribution in [0.4, 0.5) is 5.82 Å². The lowest BCUT2D eigenvalue weighted by atomic mass is 10.2. The van der Waals surface area contributed by atoms with Crippen molar-refractivity contribution in [2.45, 2.75) is 19.9 Å². The second-order valence-electron chi connectivity index (χ2n) is 4.67. The molecule has 5 nitrogen and oxygen atoms in total. The Morgan fingerprint density at radius 3 is 3.18 bits per heavy atom. The van der Waals surface area contributed by atoms with Crippen LogP contribution in [0.2, 0.25) is 0 Å². The number of nitrogens with zero attached hydrogens (tertiary/aromatic N) is 4. The highest BCUT2D eigenvalue weighted by molar-refractivity contribution is 5.69. The Labute approximate surface area is 100 Å². The number of anilines is 1. The Kier molecular flexibility index (Phi) is 2.48. The van der Waals surface area contributed by atoms with E-state index in [2.05, 4.69) is 33.3 Å². The molecule has 1 saturated heterocycles. The predicted molar refractivity (Wildman–Crippen MR) is 67.4 cm³/mol. The Bertz CT molecular complexity index is 533. The summed E-state index contributed by atoms with van der Waals surface area (Å²) in [5.41, 5.74) is 2.13. The molecule has 0 bridgehead atoms. The fraction of sp³-hybridized carbons (Fsp3) is 0.500. The standard InChI is InChI=1S/C12H17N5/c1-9-7-11-12(14-4-6-17(11)15-9)16-5-3-13-10(2)8-16/h4,6-7,10,13H,3,5,8H2,1-2H3/t10-/m1/s1. The fourth-order valence-corrected chi connectivity index (χ4v) is 2.40. The summed E-state index contributed by atoms with van der Waals surface area (Å²) in [5.74, 6) is 1.04. The van der Waals surface area contributed by atoms with Crippen LogP contribution in [0.15, 0.2) is 18.5 Å². The minimum Gasteiger partial charge on any atom is -0.352 e. The first-order chi connectivity index (χ1) is 8.24. The molecule has 0 aliphatic carbocycles. The van der Waals surface area contributed by atoms with Crippen molar-refractivity contribution >= 4 is 11.3 Å². The van der Waals surface area contributed by atoms with Crippen molar-refractivity contribution in [3.05, 3.63) is 24.2 Å². The second kappa shape index (κ2) is 4.00. The zero-order chi connectivity index (χ0) is 11.8. The molecule has 0 unspecified atom stereocenters. The highest BCUT2D eigenvalue weighted by Gasteiger charge is 2.19. The molecule has 5 heteroatoms. The first kappa shape index (κ1) is 10.5. The first-order valence-corrected chi connectivity index (χ1v) is 6.03. The summed E-state index contributed by atoms with van der Waals surface area (Å²) in [5, 5.41) is 7.87. The molecule has 0 saturated carbocycles. The molecule has 1 fully saturated rings. The van der Waals surface area contributed by atoms with Gasteiger partial charge in [0.15, 0.2) is 5.82 Å². The fourth-order valence-electron chi connectivity index (χ4n) is 2.40. The molecule has 2 aromatic heterocycles. The highest BCUT2D eigenvalue weighted by atomic mass is 15.3. The summed E-state index contributed by atoms with van der Waals surface area (Å²) in [6.07, 6.45) is 3.72. The number of piperazine rings is 1. The Balaban J connectivity index is 2.04. The number of hydrogen-bond donors (Lipinski definition) is 1. The predicted octanol–water partition coefficient (Wildman–Crippen LogP) is 0.836. The molecule has 0 amide bonds. The summed E-state index contributed by atoms with van der Waals surface area (Å²) >= 11 is 0. The zero-order valence-corrected chi connectivity index (χ0v) is 10.2. The van der Waals surface area contributed by atoms with Crippen LogP contribution < -0.4 is 10.2 Å². The summed E-state index contributed by atoms with van der Waals surface area (Å²) in [4.78, 5) is 6.85. The lowest BCUT2D eigenvalue weighted by molar-refractivity contribution is 0.482. The van der Waals surface area contributed by atoms with Crippen LogP contribution in [0.3, 0.4) is 0 Å². The number of aromatic nitrogens is 3. The van der Waals surface area contributed by atoms with Crippen molar-refractivity contribution in [1.82, 2.24) is 19.9 Å². The van der Waals surface area contributed by atoms with E-state index in [-0.39, 0.29) is 0 Å². The first-order valence-electron chi connectivity index (χ1n) is 6.03. The molecular weight excluding hydrogens is 214 g/mol. The summed E-state index contributed by atoms with van der Waals surface area (Å²) in [6, 6.07) is 2.60. The van der Waals surface area contributed by atoms with Crippen LogP contribution in [0.25, 0.3) is 5.52 Å². The van der Waals surface area contributed by atoms with Gasteiger partial charge in [0.1, 0.15) is 5.52 Å². The van der Waals surface area contributed by atoms with Crippen molar-refractivity contribution in [2.75, 3.05) is 24.5 Å². The summed E-state index contributed by atoms with van der Waals surface area (Å²) in [7, 11) is 0. The Hall–Kier alpha value is -1.62. The Morgan fingerprint density at radius 2 is 2.35 bits per heavy atom. The van der Waals surface area contributed by atoms with E-state index in [1.165, 1.54) is 0 Å². The normalized spacial score (nSPS) is 21.1. The van der Waals surface area contributed by atoms with E-state index in [0.717, 1.165) is 36.7 Å². The third-order valence-electron chi connectivity index (χ3n) is 3.16. The lowest BCUT2D eigenvalue weighted by Crippen LogP contribution is -2.49.